The highest BCUT2D eigenvalue weighted by Crippen LogP contribution is 2.33. The van der Waals surface area contributed by atoms with Crippen LogP contribution < -0.4 is 10.6 Å². The van der Waals surface area contributed by atoms with E-state index >= 15 is 0 Å². The van der Waals surface area contributed by atoms with Crippen molar-refractivity contribution in [2.24, 2.45) is 5.92 Å². The number of alkyl halides is 3. The topological polar surface area (TPSA) is 51.1 Å². The van der Waals surface area contributed by atoms with Gasteiger partial charge in [-0.2, -0.15) is 18.3 Å². The van der Waals surface area contributed by atoms with Gasteiger partial charge in [-0.1, -0.05) is 12.5 Å². The molecule has 0 spiro atoms. The summed E-state index contributed by atoms with van der Waals surface area (Å²) in [6, 6.07) is 5.84. The zero-order valence-corrected chi connectivity index (χ0v) is 16.1. The Labute approximate surface area is 168 Å². The number of hydrogen-bond acceptors (Lipinski definition) is 4. The Hall–Kier alpha value is -1.77. The number of nitrogens with one attached hydrogen (secondary N) is 2. The summed E-state index contributed by atoms with van der Waals surface area (Å²) in [6.07, 6.45) is 2.41. The molecule has 1 aliphatic heterocycles. The molecule has 2 aromatic rings. The van der Waals surface area contributed by atoms with Gasteiger partial charge in [-0.25, -0.2) is 4.68 Å². The van der Waals surface area contributed by atoms with Gasteiger partial charge in [0, 0.05) is 18.6 Å². The van der Waals surface area contributed by atoms with E-state index in [1.807, 2.05) is 0 Å². The number of halogens is 4. The third kappa shape index (κ3) is 4.61. The molecule has 3 atom stereocenters. The molecule has 1 saturated heterocycles. The fourth-order valence-electron chi connectivity index (χ4n) is 4.09. The second-order valence-electron chi connectivity index (χ2n) is 7.20. The summed E-state index contributed by atoms with van der Waals surface area (Å²) in [6.45, 7) is 2.36. The van der Waals surface area contributed by atoms with Crippen LogP contribution in [-0.2, 0) is 10.9 Å². The van der Waals surface area contributed by atoms with Crippen LogP contribution >= 0.6 is 12.4 Å². The van der Waals surface area contributed by atoms with Crippen LogP contribution in [0.5, 0.6) is 0 Å². The molecular weight excluding hydrogens is 393 g/mol. The number of aromatic nitrogens is 2. The number of ether oxygens (including phenoxy) is 1. The van der Waals surface area contributed by atoms with E-state index in [9.17, 15) is 13.2 Å². The van der Waals surface area contributed by atoms with E-state index < -0.39 is 11.7 Å². The summed E-state index contributed by atoms with van der Waals surface area (Å²) >= 11 is 0. The minimum atomic E-state index is -4.36. The number of rotatable bonds is 4. The first-order valence-corrected chi connectivity index (χ1v) is 9.31. The van der Waals surface area contributed by atoms with Gasteiger partial charge in [0.2, 0.25) is 0 Å². The maximum absolute atomic E-state index is 12.9. The number of morpholine rings is 1. The van der Waals surface area contributed by atoms with E-state index in [2.05, 4.69) is 15.7 Å². The van der Waals surface area contributed by atoms with Crippen LogP contribution in [0.3, 0.4) is 0 Å². The Bertz CT molecular complexity index is 777. The molecule has 5 nitrogen and oxygen atoms in total. The molecule has 1 aromatic heterocycles. The van der Waals surface area contributed by atoms with Crippen LogP contribution in [0.1, 0.15) is 24.8 Å². The van der Waals surface area contributed by atoms with E-state index in [1.54, 1.807) is 18.5 Å². The van der Waals surface area contributed by atoms with Crippen LogP contribution in [0, 0.1) is 5.92 Å². The fraction of sp³-hybridized carbons (Fsp3) is 0.526. The minimum absolute atomic E-state index is 0. The average molecular weight is 417 g/mol. The van der Waals surface area contributed by atoms with E-state index in [0.717, 1.165) is 56.8 Å². The second kappa shape index (κ2) is 8.71. The molecule has 2 aliphatic rings. The van der Waals surface area contributed by atoms with Crippen molar-refractivity contribution in [3.05, 3.63) is 42.2 Å². The molecule has 4 rings (SSSR count). The smallest absolute Gasteiger partial charge is 0.379 e. The zero-order valence-electron chi connectivity index (χ0n) is 15.3. The van der Waals surface area contributed by atoms with E-state index in [-0.39, 0.29) is 12.4 Å². The van der Waals surface area contributed by atoms with Gasteiger partial charge in [-0.05, 0) is 37.0 Å². The first-order chi connectivity index (χ1) is 13.0. The normalized spacial score (nSPS) is 25.3. The van der Waals surface area contributed by atoms with Gasteiger partial charge >= 0.3 is 6.18 Å². The molecule has 1 aliphatic carbocycles. The van der Waals surface area contributed by atoms with Gasteiger partial charge in [-0.15, -0.1) is 12.4 Å². The molecule has 9 heteroatoms. The molecule has 28 heavy (non-hydrogen) atoms. The van der Waals surface area contributed by atoms with Crippen molar-refractivity contribution in [2.75, 3.05) is 25.1 Å². The zero-order chi connectivity index (χ0) is 18.9. The number of nitrogens with zero attached hydrogens (tertiary/aromatic N) is 2. The lowest BCUT2D eigenvalue weighted by molar-refractivity contribution is -0.137. The highest BCUT2D eigenvalue weighted by molar-refractivity contribution is 5.85. The van der Waals surface area contributed by atoms with Crippen LogP contribution in [0.2, 0.25) is 0 Å². The maximum atomic E-state index is 12.9. The number of hydrogen-bond donors (Lipinski definition) is 2. The van der Waals surface area contributed by atoms with Crippen molar-refractivity contribution in [1.82, 2.24) is 15.1 Å². The largest absolute Gasteiger partial charge is 0.416 e. The first kappa shape index (κ1) is 21.0. The van der Waals surface area contributed by atoms with E-state index in [0.29, 0.717) is 23.7 Å². The Kier molecular flexibility index (Phi) is 6.52. The molecule has 1 aromatic carbocycles. The van der Waals surface area contributed by atoms with Crippen LogP contribution in [-0.4, -0.2) is 41.6 Å². The van der Waals surface area contributed by atoms with Crippen molar-refractivity contribution in [3.8, 4) is 5.69 Å². The Morgan fingerprint density at radius 2 is 2.11 bits per heavy atom. The van der Waals surface area contributed by atoms with E-state index in [1.165, 1.54) is 10.7 Å². The Balaban J connectivity index is 0.00000225. The highest BCUT2D eigenvalue weighted by Gasteiger charge is 2.35. The summed E-state index contributed by atoms with van der Waals surface area (Å²) < 4.78 is 45.8. The standard InChI is InChI=1S/C19H23F3N4O.ClH/c20-19(21,22)13-3-1-4-15(9-13)26-11-14(10-24-26)25-17-6-2-5-16(17)18-12-27-8-7-23-18;/h1,3-4,9-11,16-18,23,25H,2,5-8,12H2;1H. The van der Waals surface area contributed by atoms with Crippen molar-refractivity contribution in [2.45, 2.75) is 37.5 Å². The van der Waals surface area contributed by atoms with Gasteiger partial charge in [0.25, 0.3) is 0 Å². The predicted octanol–water partition coefficient (Wildman–Crippen LogP) is 3.88. The predicted molar refractivity (Wildman–Crippen MR) is 103 cm³/mol. The lowest BCUT2D eigenvalue weighted by Gasteiger charge is -2.33. The monoisotopic (exact) mass is 416 g/mol. The molecule has 154 valence electrons. The molecule has 2 N–H and O–H groups in total. The Morgan fingerprint density at radius 1 is 1.25 bits per heavy atom. The third-order valence-electron chi connectivity index (χ3n) is 5.41. The number of benzene rings is 1. The quantitative estimate of drug-likeness (QED) is 0.794. The van der Waals surface area contributed by atoms with Gasteiger partial charge < -0.3 is 15.4 Å². The Morgan fingerprint density at radius 3 is 2.86 bits per heavy atom. The molecule has 3 unspecified atom stereocenters. The SMILES string of the molecule is Cl.FC(F)(F)c1cccc(-n2cc(NC3CCCC3C3COCCN3)cn2)c1. The molecule has 0 radical (unpaired) electrons. The average Bonchev–Trinajstić information content (AvgIpc) is 3.32. The molecule has 2 fully saturated rings. The summed E-state index contributed by atoms with van der Waals surface area (Å²) in [5, 5.41) is 11.3. The van der Waals surface area contributed by atoms with Gasteiger partial charge in [-0.3, -0.25) is 0 Å². The summed E-state index contributed by atoms with van der Waals surface area (Å²) in [5.74, 6) is 0.474. The van der Waals surface area contributed by atoms with Crippen molar-refractivity contribution in [3.63, 3.8) is 0 Å². The molecule has 2 heterocycles. The molecule has 0 bridgehead atoms. The van der Waals surface area contributed by atoms with Crippen LogP contribution in [0.15, 0.2) is 36.7 Å². The van der Waals surface area contributed by atoms with Crippen molar-refractivity contribution in [1.29, 1.82) is 0 Å². The van der Waals surface area contributed by atoms with Crippen molar-refractivity contribution < 1.29 is 17.9 Å². The fourth-order valence-corrected chi connectivity index (χ4v) is 4.09. The first-order valence-electron chi connectivity index (χ1n) is 9.31. The van der Waals surface area contributed by atoms with E-state index in [4.69, 9.17) is 4.74 Å². The van der Waals surface area contributed by atoms with Gasteiger partial charge in [0.05, 0.1) is 42.5 Å². The lowest BCUT2D eigenvalue weighted by Crippen LogP contribution is -2.49. The van der Waals surface area contributed by atoms with Crippen LogP contribution in [0.25, 0.3) is 5.69 Å². The maximum Gasteiger partial charge on any atom is 0.416 e. The lowest BCUT2D eigenvalue weighted by atomic mass is 9.94. The van der Waals surface area contributed by atoms with Gasteiger partial charge in [0.15, 0.2) is 0 Å². The minimum Gasteiger partial charge on any atom is -0.379 e. The highest BCUT2D eigenvalue weighted by atomic mass is 35.5. The molecule has 1 saturated carbocycles. The number of anilines is 1. The van der Waals surface area contributed by atoms with Gasteiger partial charge in [0.1, 0.15) is 0 Å². The van der Waals surface area contributed by atoms with Crippen molar-refractivity contribution >= 4 is 18.1 Å². The molecule has 0 amide bonds. The van der Waals surface area contributed by atoms with Crippen LogP contribution in [0.4, 0.5) is 18.9 Å². The summed E-state index contributed by atoms with van der Waals surface area (Å²) in [5.41, 5.74) is 0.536. The third-order valence-corrected chi connectivity index (χ3v) is 5.41. The summed E-state index contributed by atoms with van der Waals surface area (Å²) in [4.78, 5) is 0. The molecular formula is C19H24ClF3N4O. The second-order valence-corrected chi connectivity index (χ2v) is 7.20. The summed E-state index contributed by atoms with van der Waals surface area (Å²) in [7, 11) is 0.